The molecule has 0 amide bonds. The fourth-order valence-corrected chi connectivity index (χ4v) is 2.38. The van der Waals surface area contributed by atoms with E-state index in [1.165, 1.54) is 0 Å². The monoisotopic (exact) mass is 294 g/mol. The molecule has 0 saturated carbocycles. The van der Waals surface area contributed by atoms with Crippen molar-refractivity contribution in [3.8, 4) is 11.5 Å². The Morgan fingerprint density at radius 2 is 1.67 bits per heavy atom. The summed E-state index contributed by atoms with van der Waals surface area (Å²) in [6.45, 7) is 4.27. The number of carboxylic acid groups (broad SMARTS) is 1. The molecule has 0 heterocycles. The Kier molecular flexibility index (Phi) is 7.65. The van der Waals surface area contributed by atoms with Gasteiger partial charge in [0.25, 0.3) is 0 Å². The van der Waals surface area contributed by atoms with Gasteiger partial charge in [0.05, 0.1) is 0 Å². The van der Waals surface area contributed by atoms with Crippen LogP contribution in [0, 0.1) is 0 Å². The zero-order valence-corrected chi connectivity index (χ0v) is 13.0. The SMILES string of the molecule is CCCCCc1cc(CCCCC)c(O)c(OC(=O)O)c1. The standard InChI is InChI=1S/C17H26O4/c1-3-5-7-9-13-11-14(10-8-6-4-2)16(18)15(12-13)21-17(19)20/h11-12,18H,3-10H2,1-2H3,(H,19,20). The number of phenolic OH excluding ortho intramolecular Hbond substituents is 1. The summed E-state index contributed by atoms with van der Waals surface area (Å²) in [7, 11) is 0. The smallest absolute Gasteiger partial charge is 0.504 e. The van der Waals surface area contributed by atoms with Gasteiger partial charge in [0.1, 0.15) is 0 Å². The first-order chi connectivity index (χ1) is 10.1. The molecule has 0 aromatic heterocycles. The van der Waals surface area contributed by atoms with Crippen LogP contribution in [0.3, 0.4) is 0 Å². The van der Waals surface area contributed by atoms with Crippen LogP contribution in [-0.2, 0) is 12.8 Å². The van der Waals surface area contributed by atoms with E-state index >= 15 is 0 Å². The van der Waals surface area contributed by atoms with Gasteiger partial charge < -0.3 is 14.9 Å². The molecule has 1 aromatic carbocycles. The highest BCUT2D eigenvalue weighted by atomic mass is 16.7. The Hall–Kier alpha value is -1.71. The Morgan fingerprint density at radius 1 is 1.05 bits per heavy atom. The van der Waals surface area contributed by atoms with Gasteiger partial charge in [-0.2, -0.15) is 0 Å². The summed E-state index contributed by atoms with van der Waals surface area (Å²) >= 11 is 0. The number of unbranched alkanes of at least 4 members (excludes halogenated alkanes) is 4. The van der Waals surface area contributed by atoms with Crippen molar-refractivity contribution < 1.29 is 19.7 Å². The highest BCUT2D eigenvalue weighted by Gasteiger charge is 2.14. The molecule has 0 spiro atoms. The quantitative estimate of drug-likeness (QED) is 0.385. The number of aromatic hydroxyl groups is 1. The number of rotatable bonds is 9. The maximum Gasteiger partial charge on any atom is 0.511 e. The number of aryl methyl sites for hydroxylation is 2. The fourth-order valence-electron chi connectivity index (χ4n) is 2.38. The molecule has 1 aromatic rings. The zero-order valence-electron chi connectivity index (χ0n) is 13.0. The molecule has 0 unspecified atom stereocenters. The minimum absolute atomic E-state index is 0.0345. The van der Waals surface area contributed by atoms with E-state index in [0.717, 1.165) is 62.5 Å². The molecule has 21 heavy (non-hydrogen) atoms. The predicted octanol–water partition coefficient (Wildman–Crippen LogP) is 4.91. The Balaban J connectivity index is 2.91. The van der Waals surface area contributed by atoms with Crippen molar-refractivity contribution in [2.75, 3.05) is 0 Å². The summed E-state index contributed by atoms with van der Waals surface area (Å²) in [5, 5.41) is 18.9. The lowest BCUT2D eigenvalue weighted by Gasteiger charge is -2.12. The topological polar surface area (TPSA) is 66.8 Å². The first-order valence-electron chi connectivity index (χ1n) is 7.84. The molecule has 0 aliphatic carbocycles. The van der Waals surface area contributed by atoms with E-state index in [4.69, 9.17) is 9.84 Å². The largest absolute Gasteiger partial charge is 0.511 e. The maximum absolute atomic E-state index is 10.7. The minimum atomic E-state index is -1.39. The van der Waals surface area contributed by atoms with Crippen LogP contribution in [0.5, 0.6) is 11.5 Å². The van der Waals surface area contributed by atoms with Gasteiger partial charge >= 0.3 is 6.16 Å². The summed E-state index contributed by atoms with van der Waals surface area (Å²) in [5.74, 6) is 0.0238. The van der Waals surface area contributed by atoms with E-state index in [0.29, 0.717) is 0 Å². The molecule has 4 nitrogen and oxygen atoms in total. The molecule has 0 bridgehead atoms. The van der Waals surface area contributed by atoms with Crippen LogP contribution in [0.1, 0.15) is 63.5 Å². The molecule has 0 fully saturated rings. The molecule has 2 N–H and O–H groups in total. The third-order valence-electron chi connectivity index (χ3n) is 3.53. The molecule has 0 saturated heterocycles. The fraction of sp³-hybridized carbons (Fsp3) is 0.588. The van der Waals surface area contributed by atoms with E-state index < -0.39 is 6.16 Å². The molecule has 118 valence electrons. The first kappa shape index (κ1) is 17.3. The van der Waals surface area contributed by atoms with Crippen molar-refractivity contribution in [3.05, 3.63) is 23.3 Å². The number of benzene rings is 1. The first-order valence-corrected chi connectivity index (χ1v) is 7.84. The van der Waals surface area contributed by atoms with Crippen molar-refractivity contribution in [1.29, 1.82) is 0 Å². The molecule has 0 radical (unpaired) electrons. The average Bonchev–Trinajstić information content (AvgIpc) is 2.43. The predicted molar refractivity (Wildman–Crippen MR) is 83.2 cm³/mol. The Bertz CT molecular complexity index is 454. The molecule has 0 atom stereocenters. The third kappa shape index (κ3) is 6.06. The van der Waals surface area contributed by atoms with E-state index in [-0.39, 0.29) is 11.5 Å². The second kappa shape index (κ2) is 9.27. The van der Waals surface area contributed by atoms with Gasteiger partial charge in [-0.15, -0.1) is 0 Å². The summed E-state index contributed by atoms with van der Waals surface area (Å²) in [4.78, 5) is 10.7. The lowest BCUT2D eigenvalue weighted by atomic mass is 9.99. The number of phenols is 1. The maximum atomic E-state index is 10.7. The van der Waals surface area contributed by atoms with Crippen LogP contribution in [0.4, 0.5) is 4.79 Å². The van der Waals surface area contributed by atoms with Crippen molar-refractivity contribution in [2.24, 2.45) is 0 Å². The van der Waals surface area contributed by atoms with Gasteiger partial charge in [-0.25, -0.2) is 4.79 Å². The number of carbonyl (C=O) groups is 1. The van der Waals surface area contributed by atoms with E-state index in [1.807, 2.05) is 6.07 Å². The number of hydrogen-bond acceptors (Lipinski definition) is 3. The van der Waals surface area contributed by atoms with Gasteiger partial charge in [0.2, 0.25) is 0 Å². The lowest BCUT2D eigenvalue weighted by Crippen LogP contribution is -2.05. The van der Waals surface area contributed by atoms with Gasteiger partial charge in [-0.05, 0) is 42.9 Å². The van der Waals surface area contributed by atoms with Crippen LogP contribution in [-0.4, -0.2) is 16.4 Å². The number of ether oxygens (including phenoxy) is 1. The van der Waals surface area contributed by atoms with Gasteiger partial charge in [-0.3, -0.25) is 0 Å². The van der Waals surface area contributed by atoms with E-state index in [1.54, 1.807) is 6.07 Å². The molecule has 0 aliphatic heterocycles. The molecule has 0 aliphatic rings. The van der Waals surface area contributed by atoms with Crippen LogP contribution < -0.4 is 4.74 Å². The van der Waals surface area contributed by atoms with Gasteiger partial charge in [0.15, 0.2) is 11.5 Å². The van der Waals surface area contributed by atoms with Crippen LogP contribution in [0.15, 0.2) is 12.1 Å². The molecule has 1 rings (SSSR count). The Labute approximate surface area is 126 Å². The zero-order chi connectivity index (χ0) is 15.7. The second-order valence-corrected chi connectivity index (χ2v) is 5.38. The minimum Gasteiger partial charge on any atom is -0.504 e. The van der Waals surface area contributed by atoms with Gasteiger partial charge in [-0.1, -0.05) is 45.6 Å². The highest BCUT2D eigenvalue weighted by Crippen LogP contribution is 2.33. The number of hydrogen-bond donors (Lipinski definition) is 2. The van der Waals surface area contributed by atoms with Crippen molar-refractivity contribution in [2.45, 2.75) is 65.2 Å². The van der Waals surface area contributed by atoms with Crippen LogP contribution in [0.2, 0.25) is 0 Å². The van der Waals surface area contributed by atoms with Crippen LogP contribution >= 0.6 is 0 Å². The highest BCUT2D eigenvalue weighted by molar-refractivity contribution is 5.64. The van der Waals surface area contributed by atoms with Crippen LogP contribution in [0.25, 0.3) is 0 Å². The normalized spacial score (nSPS) is 10.6. The van der Waals surface area contributed by atoms with E-state index in [2.05, 4.69) is 13.8 Å². The van der Waals surface area contributed by atoms with Crippen molar-refractivity contribution in [1.82, 2.24) is 0 Å². The average molecular weight is 294 g/mol. The summed E-state index contributed by atoms with van der Waals surface area (Å²) in [6, 6.07) is 3.62. The summed E-state index contributed by atoms with van der Waals surface area (Å²) < 4.78 is 4.71. The van der Waals surface area contributed by atoms with E-state index in [9.17, 15) is 9.90 Å². The van der Waals surface area contributed by atoms with Gasteiger partial charge in [0, 0.05) is 0 Å². The van der Waals surface area contributed by atoms with Crippen molar-refractivity contribution >= 4 is 6.16 Å². The molecule has 4 heteroatoms. The van der Waals surface area contributed by atoms with Crippen molar-refractivity contribution in [3.63, 3.8) is 0 Å². The molecular weight excluding hydrogens is 268 g/mol. The molecular formula is C17H26O4. The lowest BCUT2D eigenvalue weighted by molar-refractivity contribution is 0.142. The summed E-state index contributed by atoms with van der Waals surface area (Å²) in [6.07, 6.45) is 6.75. The second-order valence-electron chi connectivity index (χ2n) is 5.38. The summed E-state index contributed by atoms with van der Waals surface area (Å²) in [5.41, 5.74) is 1.82. The third-order valence-corrected chi connectivity index (χ3v) is 3.53. The Morgan fingerprint density at radius 3 is 2.24 bits per heavy atom.